The van der Waals surface area contributed by atoms with E-state index in [0.717, 1.165) is 24.8 Å². The number of aromatic amines is 1. The van der Waals surface area contributed by atoms with Gasteiger partial charge in [0, 0.05) is 37.6 Å². The molecule has 0 radical (unpaired) electrons. The van der Waals surface area contributed by atoms with E-state index in [0.29, 0.717) is 36.9 Å². The molecular weight excluding hydrogens is 342 g/mol. The lowest BCUT2D eigenvalue weighted by Crippen LogP contribution is -2.45. The molecular formula is C20H27N5O2. The Balaban J connectivity index is 1.60. The quantitative estimate of drug-likeness (QED) is 0.818. The molecule has 0 aliphatic carbocycles. The summed E-state index contributed by atoms with van der Waals surface area (Å²) in [5.74, 6) is 0.361. The van der Waals surface area contributed by atoms with Gasteiger partial charge in [0.15, 0.2) is 0 Å². The molecule has 3 heterocycles. The number of hydrogen-bond donors (Lipinski definition) is 2. The number of amides is 2. The molecule has 1 saturated heterocycles. The summed E-state index contributed by atoms with van der Waals surface area (Å²) in [4.78, 5) is 31.0. The maximum Gasteiger partial charge on any atom is 0.271 e. The number of nitrogens with zero attached hydrogens (tertiary/aromatic N) is 3. The molecule has 0 aromatic carbocycles. The molecule has 1 unspecified atom stereocenters. The van der Waals surface area contributed by atoms with Crippen molar-refractivity contribution in [3.63, 3.8) is 0 Å². The van der Waals surface area contributed by atoms with Crippen LogP contribution < -0.4 is 5.32 Å². The van der Waals surface area contributed by atoms with Crippen molar-refractivity contribution >= 4 is 11.8 Å². The van der Waals surface area contributed by atoms with Crippen LogP contribution in [0.15, 0.2) is 30.6 Å². The summed E-state index contributed by atoms with van der Waals surface area (Å²) in [7, 11) is 0. The summed E-state index contributed by atoms with van der Waals surface area (Å²) >= 11 is 0. The Kier molecular flexibility index (Phi) is 6.21. The standard InChI is InChI=1S/C20H27N5O2/c1-14(2)5-10-22-19(26)16-4-3-11-25(13-16)20(27)18-12-17(23-24-18)15-6-8-21-9-7-15/h6-9,12,14,16H,3-5,10-11,13H2,1-2H3,(H,22,26)(H,23,24). The molecule has 7 nitrogen and oxygen atoms in total. The van der Waals surface area contributed by atoms with Crippen LogP contribution in [0.25, 0.3) is 11.3 Å². The third kappa shape index (κ3) is 4.93. The van der Waals surface area contributed by atoms with Crippen LogP contribution in [0, 0.1) is 11.8 Å². The highest BCUT2D eigenvalue weighted by Gasteiger charge is 2.29. The van der Waals surface area contributed by atoms with Gasteiger partial charge in [-0.15, -0.1) is 0 Å². The lowest BCUT2D eigenvalue weighted by atomic mass is 9.96. The largest absolute Gasteiger partial charge is 0.356 e. The van der Waals surface area contributed by atoms with Crippen molar-refractivity contribution in [1.29, 1.82) is 0 Å². The number of H-pyrrole nitrogens is 1. The highest BCUT2D eigenvalue weighted by atomic mass is 16.2. The molecule has 2 aromatic heterocycles. The fourth-order valence-corrected chi connectivity index (χ4v) is 3.28. The van der Waals surface area contributed by atoms with Gasteiger partial charge < -0.3 is 10.2 Å². The zero-order valence-corrected chi connectivity index (χ0v) is 15.9. The van der Waals surface area contributed by atoms with Crippen LogP contribution in [0.2, 0.25) is 0 Å². The Labute approximate surface area is 159 Å². The molecule has 0 bridgehead atoms. The van der Waals surface area contributed by atoms with E-state index < -0.39 is 0 Å². The lowest BCUT2D eigenvalue weighted by Gasteiger charge is -2.31. The smallest absolute Gasteiger partial charge is 0.271 e. The maximum atomic E-state index is 12.8. The second-order valence-electron chi connectivity index (χ2n) is 7.47. The minimum atomic E-state index is -0.141. The number of nitrogens with one attached hydrogen (secondary N) is 2. The van der Waals surface area contributed by atoms with Crippen molar-refractivity contribution in [1.82, 2.24) is 25.4 Å². The Morgan fingerprint density at radius 3 is 2.85 bits per heavy atom. The van der Waals surface area contributed by atoms with Crippen LogP contribution in [0.4, 0.5) is 0 Å². The third-order valence-corrected chi connectivity index (χ3v) is 4.88. The van der Waals surface area contributed by atoms with Gasteiger partial charge in [-0.1, -0.05) is 13.8 Å². The van der Waals surface area contributed by atoms with Gasteiger partial charge in [0.2, 0.25) is 5.91 Å². The molecule has 2 N–H and O–H groups in total. The van der Waals surface area contributed by atoms with E-state index in [2.05, 4.69) is 34.3 Å². The first kappa shape index (κ1) is 19.1. The first-order valence-corrected chi connectivity index (χ1v) is 9.57. The van der Waals surface area contributed by atoms with Crippen LogP contribution in [-0.4, -0.2) is 51.5 Å². The normalized spacial score (nSPS) is 17.1. The van der Waals surface area contributed by atoms with Crippen molar-refractivity contribution in [3.05, 3.63) is 36.3 Å². The molecule has 144 valence electrons. The number of likely N-dealkylation sites (tertiary alicyclic amines) is 1. The van der Waals surface area contributed by atoms with Crippen LogP contribution in [0.1, 0.15) is 43.6 Å². The average Bonchev–Trinajstić information content (AvgIpc) is 3.18. The molecule has 2 aromatic rings. The summed E-state index contributed by atoms with van der Waals surface area (Å²) in [6.45, 7) is 6.08. The first-order chi connectivity index (χ1) is 13.0. The fraction of sp³-hybridized carbons (Fsp3) is 0.500. The van der Waals surface area contributed by atoms with Crippen LogP contribution >= 0.6 is 0 Å². The number of rotatable bonds is 6. The molecule has 1 atom stereocenters. The Bertz CT molecular complexity index is 772. The third-order valence-electron chi connectivity index (χ3n) is 4.88. The van der Waals surface area contributed by atoms with Gasteiger partial charge in [-0.2, -0.15) is 5.10 Å². The number of carbonyl (C=O) groups is 2. The second kappa shape index (κ2) is 8.79. The summed E-state index contributed by atoms with van der Waals surface area (Å²) < 4.78 is 0. The lowest BCUT2D eigenvalue weighted by molar-refractivity contribution is -0.126. The van der Waals surface area contributed by atoms with Crippen LogP contribution in [-0.2, 0) is 4.79 Å². The van der Waals surface area contributed by atoms with Gasteiger partial charge in [0.05, 0.1) is 11.6 Å². The van der Waals surface area contributed by atoms with Crippen molar-refractivity contribution in [3.8, 4) is 11.3 Å². The number of pyridine rings is 1. The van der Waals surface area contributed by atoms with Gasteiger partial charge in [0.1, 0.15) is 5.69 Å². The zero-order chi connectivity index (χ0) is 19.2. The molecule has 1 aliphatic rings. The minimum Gasteiger partial charge on any atom is -0.356 e. The highest BCUT2D eigenvalue weighted by Crippen LogP contribution is 2.21. The van der Waals surface area contributed by atoms with Crippen LogP contribution in [0.3, 0.4) is 0 Å². The molecule has 1 fully saturated rings. The molecule has 7 heteroatoms. The summed E-state index contributed by atoms with van der Waals surface area (Å²) in [5.41, 5.74) is 2.06. The first-order valence-electron chi connectivity index (χ1n) is 9.57. The van der Waals surface area contributed by atoms with Crippen molar-refractivity contribution < 1.29 is 9.59 Å². The van der Waals surface area contributed by atoms with E-state index in [4.69, 9.17) is 0 Å². The van der Waals surface area contributed by atoms with E-state index in [9.17, 15) is 9.59 Å². The topological polar surface area (TPSA) is 91.0 Å². The van der Waals surface area contributed by atoms with Gasteiger partial charge in [-0.3, -0.25) is 19.7 Å². The maximum absolute atomic E-state index is 12.8. The van der Waals surface area contributed by atoms with Crippen molar-refractivity contribution in [2.45, 2.75) is 33.1 Å². The van der Waals surface area contributed by atoms with Gasteiger partial charge >= 0.3 is 0 Å². The van der Waals surface area contributed by atoms with E-state index in [1.807, 2.05) is 12.1 Å². The molecule has 0 spiro atoms. The Morgan fingerprint density at radius 2 is 2.11 bits per heavy atom. The average molecular weight is 369 g/mol. The molecule has 1 aliphatic heterocycles. The van der Waals surface area contributed by atoms with E-state index in [-0.39, 0.29) is 17.7 Å². The molecule has 3 rings (SSSR count). The van der Waals surface area contributed by atoms with Crippen molar-refractivity contribution in [2.24, 2.45) is 11.8 Å². The molecule has 2 amide bonds. The van der Waals surface area contributed by atoms with Gasteiger partial charge in [-0.25, -0.2) is 0 Å². The summed E-state index contributed by atoms with van der Waals surface area (Å²) in [6, 6.07) is 5.45. The van der Waals surface area contributed by atoms with E-state index >= 15 is 0 Å². The van der Waals surface area contributed by atoms with Crippen LogP contribution in [0.5, 0.6) is 0 Å². The Morgan fingerprint density at radius 1 is 1.33 bits per heavy atom. The number of carbonyl (C=O) groups excluding carboxylic acids is 2. The predicted octanol–water partition coefficient (Wildman–Crippen LogP) is 2.49. The number of aromatic nitrogens is 3. The minimum absolute atomic E-state index is 0.0511. The van der Waals surface area contributed by atoms with E-state index in [1.165, 1.54) is 0 Å². The fourth-order valence-electron chi connectivity index (χ4n) is 3.28. The van der Waals surface area contributed by atoms with Gasteiger partial charge in [-0.05, 0) is 43.4 Å². The molecule has 0 saturated carbocycles. The number of piperidine rings is 1. The Hall–Kier alpha value is -2.70. The SMILES string of the molecule is CC(C)CCNC(=O)C1CCCN(C(=O)c2cc(-c3ccncc3)n[nH]2)C1. The highest BCUT2D eigenvalue weighted by molar-refractivity contribution is 5.94. The molecule has 27 heavy (non-hydrogen) atoms. The summed E-state index contributed by atoms with van der Waals surface area (Å²) in [6.07, 6.45) is 6.01. The summed E-state index contributed by atoms with van der Waals surface area (Å²) in [5, 5.41) is 10.1. The van der Waals surface area contributed by atoms with Crippen molar-refractivity contribution in [2.75, 3.05) is 19.6 Å². The second-order valence-corrected chi connectivity index (χ2v) is 7.47. The van der Waals surface area contributed by atoms with Gasteiger partial charge in [0.25, 0.3) is 5.91 Å². The van der Waals surface area contributed by atoms with E-state index in [1.54, 1.807) is 23.4 Å². The number of hydrogen-bond acceptors (Lipinski definition) is 4. The monoisotopic (exact) mass is 369 g/mol. The zero-order valence-electron chi connectivity index (χ0n) is 15.9. The predicted molar refractivity (Wildman–Crippen MR) is 103 cm³/mol.